The first-order valence-corrected chi connectivity index (χ1v) is 8.20. The lowest BCUT2D eigenvalue weighted by molar-refractivity contribution is -0.155. The van der Waals surface area contributed by atoms with Crippen molar-refractivity contribution in [2.24, 2.45) is 0 Å². The maximum atomic E-state index is 12.7. The van der Waals surface area contributed by atoms with Gasteiger partial charge in [0.25, 0.3) is 0 Å². The summed E-state index contributed by atoms with van der Waals surface area (Å²) in [5.41, 5.74) is -0.245. The topological polar surface area (TPSA) is 43.8 Å². The second kappa shape index (κ2) is 7.98. The second-order valence-electron chi connectivity index (χ2n) is 6.01. The minimum Gasteiger partial charge on any atom is -0.393 e. The number of hydrogen-bond acceptors (Lipinski definition) is 3. The molecule has 4 nitrogen and oxygen atoms in total. The van der Waals surface area contributed by atoms with E-state index in [1.54, 1.807) is 11.1 Å². The third-order valence-electron chi connectivity index (χ3n) is 4.18. The van der Waals surface area contributed by atoms with E-state index in [4.69, 9.17) is 0 Å². The number of nitrogens with zero attached hydrogens (tertiary/aromatic N) is 2. The molecular formula is C17H23F3N2O2. The number of aliphatic hydroxyl groups excluding tert-OH is 1. The van der Waals surface area contributed by atoms with Gasteiger partial charge >= 0.3 is 6.18 Å². The highest BCUT2D eigenvalue weighted by molar-refractivity contribution is 5.76. The smallest absolute Gasteiger partial charge is 0.393 e. The van der Waals surface area contributed by atoms with E-state index in [0.29, 0.717) is 31.5 Å². The van der Waals surface area contributed by atoms with Gasteiger partial charge in [0.1, 0.15) is 0 Å². The molecule has 2 rings (SSSR count). The van der Waals surface area contributed by atoms with Crippen LogP contribution in [0.3, 0.4) is 0 Å². The molecule has 0 radical (unpaired) electrons. The number of rotatable bonds is 6. The van der Waals surface area contributed by atoms with Crippen molar-refractivity contribution in [2.45, 2.75) is 44.9 Å². The van der Waals surface area contributed by atoms with Gasteiger partial charge in [-0.15, -0.1) is 0 Å². The molecule has 1 amide bonds. The summed E-state index contributed by atoms with van der Waals surface area (Å²) in [6.45, 7) is 3.76. The molecule has 0 bridgehead atoms. The van der Waals surface area contributed by atoms with Gasteiger partial charge in [0.2, 0.25) is 5.91 Å². The Morgan fingerprint density at radius 3 is 2.75 bits per heavy atom. The molecular weight excluding hydrogens is 321 g/mol. The van der Waals surface area contributed by atoms with Crippen molar-refractivity contribution in [1.29, 1.82) is 0 Å². The fourth-order valence-electron chi connectivity index (χ4n) is 2.98. The zero-order valence-electron chi connectivity index (χ0n) is 13.7. The van der Waals surface area contributed by atoms with Crippen LogP contribution < -0.4 is 0 Å². The summed E-state index contributed by atoms with van der Waals surface area (Å²) in [6, 6.07) is 5.04. The van der Waals surface area contributed by atoms with Crippen molar-refractivity contribution in [3.8, 4) is 0 Å². The lowest BCUT2D eigenvalue weighted by Gasteiger charge is -2.38. The molecule has 0 saturated carbocycles. The Kier molecular flexibility index (Phi) is 6.23. The van der Waals surface area contributed by atoms with E-state index in [1.165, 1.54) is 6.07 Å². The fourth-order valence-corrected chi connectivity index (χ4v) is 2.98. The number of hydrazine groups is 1. The molecule has 1 heterocycles. The van der Waals surface area contributed by atoms with Crippen molar-refractivity contribution < 1.29 is 23.1 Å². The molecule has 24 heavy (non-hydrogen) atoms. The molecule has 134 valence electrons. The van der Waals surface area contributed by atoms with Gasteiger partial charge in [0.15, 0.2) is 0 Å². The molecule has 1 aliphatic heterocycles. The zero-order valence-corrected chi connectivity index (χ0v) is 13.7. The van der Waals surface area contributed by atoms with Gasteiger partial charge in [-0.2, -0.15) is 13.2 Å². The van der Waals surface area contributed by atoms with E-state index in [0.717, 1.165) is 25.1 Å². The Morgan fingerprint density at radius 2 is 2.08 bits per heavy atom. The predicted octanol–water partition coefficient (Wildman–Crippen LogP) is 2.86. The van der Waals surface area contributed by atoms with Gasteiger partial charge in [0, 0.05) is 26.1 Å². The van der Waals surface area contributed by atoms with E-state index in [9.17, 15) is 23.1 Å². The summed E-state index contributed by atoms with van der Waals surface area (Å²) in [5.74, 6) is 0.0797. The molecule has 1 aromatic carbocycles. The van der Waals surface area contributed by atoms with Crippen LogP contribution in [-0.2, 0) is 17.4 Å². The van der Waals surface area contributed by atoms with Crippen LogP contribution in [0.5, 0.6) is 0 Å². The molecule has 1 unspecified atom stereocenters. The van der Waals surface area contributed by atoms with Crippen LogP contribution in [-0.4, -0.2) is 46.8 Å². The van der Waals surface area contributed by atoms with Crippen molar-refractivity contribution in [3.63, 3.8) is 0 Å². The first-order chi connectivity index (χ1) is 11.3. The summed E-state index contributed by atoms with van der Waals surface area (Å²) >= 11 is 0. The normalized spacial score (nSPS) is 18.0. The molecule has 1 saturated heterocycles. The molecule has 0 aromatic heterocycles. The number of alkyl halides is 3. The van der Waals surface area contributed by atoms with Crippen molar-refractivity contribution in [3.05, 3.63) is 35.4 Å². The number of carbonyl (C=O) groups is 1. The SMILES string of the molecule is CCN1C(=O)CCCN1CCC(O)Cc1cccc(C(F)(F)F)c1. The maximum Gasteiger partial charge on any atom is 0.416 e. The van der Waals surface area contributed by atoms with Crippen LogP contribution >= 0.6 is 0 Å². The van der Waals surface area contributed by atoms with Crippen molar-refractivity contribution in [2.75, 3.05) is 19.6 Å². The highest BCUT2D eigenvalue weighted by atomic mass is 19.4. The fraction of sp³-hybridized carbons (Fsp3) is 0.588. The summed E-state index contributed by atoms with van der Waals surface area (Å²) in [4.78, 5) is 11.8. The van der Waals surface area contributed by atoms with Gasteiger partial charge in [-0.25, -0.2) is 5.01 Å². The van der Waals surface area contributed by atoms with Crippen molar-refractivity contribution in [1.82, 2.24) is 10.0 Å². The van der Waals surface area contributed by atoms with Crippen molar-refractivity contribution >= 4 is 5.91 Å². The number of hydrogen-bond donors (Lipinski definition) is 1. The first kappa shape index (κ1) is 18.7. The largest absolute Gasteiger partial charge is 0.416 e. The number of amides is 1. The van der Waals surface area contributed by atoms with Gasteiger partial charge in [-0.3, -0.25) is 9.80 Å². The number of halogens is 3. The Morgan fingerprint density at radius 1 is 1.33 bits per heavy atom. The first-order valence-electron chi connectivity index (χ1n) is 8.20. The van der Waals surface area contributed by atoms with Gasteiger partial charge in [-0.05, 0) is 37.8 Å². The average molecular weight is 344 g/mol. The van der Waals surface area contributed by atoms with Crippen LogP contribution in [0.15, 0.2) is 24.3 Å². The summed E-state index contributed by atoms with van der Waals surface area (Å²) in [5, 5.41) is 13.7. The van der Waals surface area contributed by atoms with Crippen LogP contribution in [0.4, 0.5) is 13.2 Å². The van der Waals surface area contributed by atoms with Gasteiger partial charge in [0.05, 0.1) is 11.7 Å². The molecule has 1 aromatic rings. The third kappa shape index (κ3) is 4.95. The van der Waals surface area contributed by atoms with Crippen LogP contribution in [0.1, 0.15) is 37.3 Å². The van der Waals surface area contributed by atoms with E-state index >= 15 is 0 Å². The number of aliphatic hydroxyl groups is 1. The van der Waals surface area contributed by atoms with E-state index in [1.807, 2.05) is 11.9 Å². The van der Waals surface area contributed by atoms with E-state index < -0.39 is 17.8 Å². The summed E-state index contributed by atoms with van der Waals surface area (Å²) in [7, 11) is 0. The monoisotopic (exact) mass is 344 g/mol. The molecule has 1 fully saturated rings. The number of carbonyl (C=O) groups excluding carboxylic acids is 1. The minimum atomic E-state index is -4.38. The molecule has 7 heteroatoms. The Labute approximate surface area is 139 Å². The minimum absolute atomic E-state index is 0.0797. The molecule has 1 aliphatic rings. The standard InChI is InChI=1S/C17H23F3N2O2/c1-2-22-16(24)7-4-9-21(22)10-8-15(23)12-13-5-3-6-14(11-13)17(18,19)20/h3,5-6,11,15,23H,2,4,7-10,12H2,1H3. The Hall–Kier alpha value is -1.60. The average Bonchev–Trinajstić information content (AvgIpc) is 2.52. The lowest BCUT2D eigenvalue weighted by atomic mass is 10.0. The quantitative estimate of drug-likeness (QED) is 0.863. The molecule has 1 N–H and O–H groups in total. The third-order valence-corrected chi connectivity index (χ3v) is 4.18. The van der Waals surface area contributed by atoms with Crippen LogP contribution in [0.2, 0.25) is 0 Å². The number of benzene rings is 1. The molecule has 0 aliphatic carbocycles. The highest BCUT2D eigenvalue weighted by Crippen LogP contribution is 2.29. The molecule has 0 spiro atoms. The maximum absolute atomic E-state index is 12.7. The summed E-state index contributed by atoms with van der Waals surface area (Å²) in [6.07, 6.45) is -3.23. The predicted molar refractivity (Wildman–Crippen MR) is 84.0 cm³/mol. The highest BCUT2D eigenvalue weighted by Gasteiger charge is 2.30. The lowest BCUT2D eigenvalue weighted by Crippen LogP contribution is -2.51. The molecule has 1 atom stereocenters. The zero-order chi connectivity index (χ0) is 17.7. The van der Waals surface area contributed by atoms with Gasteiger partial charge in [-0.1, -0.05) is 18.2 Å². The van der Waals surface area contributed by atoms with Gasteiger partial charge < -0.3 is 5.11 Å². The van der Waals surface area contributed by atoms with E-state index in [2.05, 4.69) is 0 Å². The van der Waals surface area contributed by atoms with E-state index in [-0.39, 0.29) is 12.3 Å². The Bertz CT molecular complexity index is 563. The second-order valence-corrected chi connectivity index (χ2v) is 6.01. The summed E-state index contributed by atoms with van der Waals surface area (Å²) < 4.78 is 38.1. The van der Waals surface area contributed by atoms with Crippen LogP contribution in [0, 0.1) is 0 Å². The van der Waals surface area contributed by atoms with Crippen LogP contribution in [0.25, 0.3) is 0 Å². The Balaban J connectivity index is 1.89.